The van der Waals surface area contributed by atoms with Crippen molar-refractivity contribution in [1.82, 2.24) is 9.80 Å². The Morgan fingerprint density at radius 1 is 1.21 bits per heavy atom. The van der Waals surface area contributed by atoms with Gasteiger partial charge in [-0.25, -0.2) is 4.79 Å². The lowest BCUT2D eigenvalue weighted by Crippen LogP contribution is -2.60. The van der Waals surface area contributed by atoms with Crippen LogP contribution in [0.25, 0.3) is 0 Å². The third kappa shape index (κ3) is 4.02. The van der Waals surface area contributed by atoms with Crippen molar-refractivity contribution in [3.05, 3.63) is 59.6 Å². The van der Waals surface area contributed by atoms with E-state index in [9.17, 15) is 19.8 Å². The Bertz CT molecular complexity index is 1230. The standard InChI is InChI=1S/C31H40N2O6/c1-5-22-27(36)33-16-19(6-9-26(33)32(22)4)14-21-15-20(28(37)39-21)7-8-24-29(2)12-11-25(35)30(3,17-34)23(29)10-13-31(24)18-38-31/h6-9,14-16,22-26,34-35H,5,10-13,17-18H2,1-4H3/b8-7+,21-14+/t22?,23?,24?,25-,26?,29+,30+,31?/m1/s1. The zero-order valence-electron chi connectivity index (χ0n) is 23.3. The van der Waals surface area contributed by atoms with Gasteiger partial charge in [-0.05, 0) is 74.3 Å². The SMILES string of the molecule is CCC1C(=O)N2C=C(/C=C3C=C(/C=C/C4C5(CCC6[C@]4(C)CC[C@@H](O)[C@@]6(C)CO)CO5)C(=O)O\3)C=CC2N1C. The summed E-state index contributed by atoms with van der Waals surface area (Å²) < 4.78 is 11.6. The molecule has 1 spiro atoms. The predicted molar refractivity (Wildman–Crippen MR) is 145 cm³/mol. The van der Waals surface area contributed by atoms with Gasteiger partial charge in [-0.3, -0.25) is 14.6 Å². The quantitative estimate of drug-likeness (QED) is 0.411. The second kappa shape index (κ2) is 9.26. The summed E-state index contributed by atoms with van der Waals surface area (Å²) in [6, 6.07) is -0.133. The molecular formula is C31H40N2O6. The molecule has 0 aromatic carbocycles. The highest BCUT2D eigenvalue weighted by atomic mass is 16.6. The summed E-state index contributed by atoms with van der Waals surface area (Å²) in [5, 5.41) is 21.1. The van der Waals surface area contributed by atoms with E-state index in [2.05, 4.69) is 17.9 Å². The highest BCUT2D eigenvalue weighted by Gasteiger charge is 2.66. The number of aliphatic hydroxyl groups is 2. The minimum absolute atomic E-state index is 0.0478. The molecule has 2 saturated heterocycles. The van der Waals surface area contributed by atoms with Crippen molar-refractivity contribution in [2.45, 2.75) is 76.8 Å². The van der Waals surface area contributed by atoms with Crippen molar-refractivity contribution < 1.29 is 29.3 Å². The highest BCUT2D eigenvalue weighted by Crippen LogP contribution is 2.65. The van der Waals surface area contributed by atoms with Crippen LogP contribution in [0.15, 0.2) is 59.6 Å². The van der Waals surface area contributed by atoms with Crippen LogP contribution in [0.1, 0.15) is 52.9 Å². The number of nitrogens with zero attached hydrogens (tertiary/aromatic N) is 2. The number of ether oxygens (including phenoxy) is 2. The van der Waals surface area contributed by atoms with Crippen molar-refractivity contribution in [2.75, 3.05) is 20.3 Å². The molecule has 6 rings (SSSR count). The zero-order valence-corrected chi connectivity index (χ0v) is 23.3. The summed E-state index contributed by atoms with van der Waals surface area (Å²) >= 11 is 0. The normalized spacial score (nSPS) is 44.6. The fourth-order valence-corrected chi connectivity index (χ4v) is 8.27. The maximum Gasteiger partial charge on any atom is 0.343 e. The van der Waals surface area contributed by atoms with E-state index in [1.165, 1.54) is 0 Å². The van der Waals surface area contributed by atoms with Crippen LogP contribution < -0.4 is 0 Å². The van der Waals surface area contributed by atoms with Crippen molar-refractivity contribution >= 4 is 11.9 Å². The Labute approximate surface area is 230 Å². The number of likely N-dealkylation sites (N-methyl/N-ethyl adjacent to an activating group) is 1. The predicted octanol–water partition coefficient (Wildman–Crippen LogP) is 3.20. The molecular weight excluding hydrogens is 496 g/mol. The van der Waals surface area contributed by atoms with Gasteiger partial charge < -0.3 is 19.7 Å². The summed E-state index contributed by atoms with van der Waals surface area (Å²) in [7, 11) is 1.96. The summed E-state index contributed by atoms with van der Waals surface area (Å²) in [5.74, 6) is 0.336. The van der Waals surface area contributed by atoms with Crippen molar-refractivity contribution in [3.8, 4) is 0 Å². The van der Waals surface area contributed by atoms with E-state index in [0.717, 1.165) is 31.3 Å². The Morgan fingerprint density at radius 2 is 1.97 bits per heavy atom. The van der Waals surface area contributed by atoms with Gasteiger partial charge in [0.1, 0.15) is 11.9 Å². The molecule has 8 nitrogen and oxygen atoms in total. The maximum atomic E-state index is 12.8. The van der Waals surface area contributed by atoms with Crippen LogP contribution in [0.2, 0.25) is 0 Å². The second-order valence-corrected chi connectivity index (χ2v) is 12.8. The lowest BCUT2D eigenvalue weighted by atomic mass is 9.45. The summed E-state index contributed by atoms with van der Waals surface area (Å²) in [6.45, 7) is 6.93. The van der Waals surface area contributed by atoms with E-state index in [4.69, 9.17) is 9.47 Å². The van der Waals surface area contributed by atoms with E-state index in [1.54, 1.807) is 17.1 Å². The van der Waals surface area contributed by atoms with Gasteiger partial charge in [0.15, 0.2) is 0 Å². The molecule has 0 bridgehead atoms. The van der Waals surface area contributed by atoms with Crippen LogP contribution in [0.3, 0.4) is 0 Å². The third-order valence-electron chi connectivity index (χ3n) is 10.7. The number of hydrogen-bond donors (Lipinski definition) is 2. The molecule has 1 amide bonds. The molecule has 6 aliphatic rings. The topological polar surface area (TPSA) is 103 Å². The summed E-state index contributed by atoms with van der Waals surface area (Å²) in [4.78, 5) is 29.4. The molecule has 2 N–H and O–H groups in total. The van der Waals surface area contributed by atoms with Gasteiger partial charge in [-0.2, -0.15) is 0 Å². The van der Waals surface area contributed by atoms with E-state index >= 15 is 0 Å². The molecule has 0 aromatic rings. The largest absolute Gasteiger partial charge is 0.423 e. The Hall–Kier alpha value is -2.52. The fraction of sp³-hybridized carbons (Fsp3) is 0.613. The third-order valence-corrected chi connectivity index (χ3v) is 10.7. The molecule has 0 aromatic heterocycles. The van der Waals surface area contributed by atoms with Gasteiger partial charge >= 0.3 is 5.97 Å². The molecule has 2 saturated carbocycles. The molecule has 4 aliphatic heterocycles. The molecule has 39 heavy (non-hydrogen) atoms. The van der Waals surface area contributed by atoms with Crippen LogP contribution in [-0.4, -0.2) is 76.1 Å². The number of allylic oxidation sites excluding steroid dienone is 4. The lowest BCUT2D eigenvalue weighted by Gasteiger charge is -2.60. The first kappa shape index (κ1) is 26.7. The van der Waals surface area contributed by atoms with E-state index in [-0.39, 0.29) is 47.6 Å². The van der Waals surface area contributed by atoms with Crippen LogP contribution in [0, 0.1) is 22.7 Å². The monoisotopic (exact) mass is 536 g/mol. The van der Waals surface area contributed by atoms with Crippen LogP contribution in [0.5, 0.6) is 0 Å². The van der Waals surface area contributed by atoms with Crippen LogP contribution >= 0.6 is 0 Å². The molecule has 8 heteroatoms. The Kier molecular flexibility index (Phi) is 6.34. The number of carbonyl (C=O) groups is 2. The molecule has 8 atom stereocenters. The maximum absolute atomic E-state index is 12.8. The molecule has 0 radical (unpaired) electrons. The molecule has 2 aliphatic carbocycles. The van der Waals surface area contributed by atoms with Gasteiger partial charge in [0.2, 0.25) is 5.91 Å². The first-order valence-electron chi connectivity index (χ1n) is 14.3. The fourth-order valence-electron chi connectivity index (χ4n) is 8.27. The zero-order chi connectivity index (χ0) is 27.7. The smallest absolute Gasteiger partial charge is 0.343 e. The van der Waals surface area contributed by atoms with E-state index < -0.39 is 17.5 Å². The Morgan fingerprint density at radius 3 is 2.67 bits per heavy atom. The van der Waals surface area contributed by atoms with Gasteiger partial charge in [0.05, 0.1) is 36.5 Å². The minimum Gasteiger partial charge on any atom is -0.423 e. The number of cyclic esters (lactones) is 1. The molecule has 5 unspecified atom stereocenters. The van der Waals surface area contributed by atoms with E-state index in [0.29, 0.717) is 24.4 Å². The average molecular weight is 537 g/mol. The minimum atomic E-state index is -0.556. The number of esters is 1. The number of amides is 1. The van der Waals surface area contributed by atoms with Crippen molar-refractivity contribution in [3.63, 3.8) is 0 Å². The number of aliphatic hydroxyl groups excluding tert-OH is 2. The molecule has 4 fully saturated rings. The number of hydrogen-bond acceptors (Lipinski definition) is 7. The van der Waals surface area contributed by atoms with Crippen molar-refractivity contribution in [2.24, 2.45) is 22.7 Å². The van der Waals surface area contributed by atoms with Crippen LogP contribution in [-0.2, 0) is 19.1 Å². The first-order chi connectivity index (χ1) is 18.6. The van der Waals surface area contributed by atoms with Crippen molar-refractivity contribution in [1.29, 1.82) is 0 Å². The highest BCUT2D eigenvalue weighted by molar-refractivity contribution is 5.95. The summed E-state index contributed by atoms with van der Waals surface area (Å²) in [5.41, 5.74) is 0.321. The molecule has 4 heterocycles. The number of epoxide rings is 1. The van der Waals surface area contributed by atoms with E-state index in [1.807, 2.05) is 45.3 Å². The number of rotatable bonds is 5. The summed E-state index contributed by atoms with van der Waals surface area (Å²) in [6.07, 6.45) is 16.7. The van der Waals surface area contributed by atoms with Gasteiger partial charge in [0, 0.05) is 17.5 Å². The van der Waals surface area contributed by atoms with Gasteiger partial charge in [0.25, 0.3) is 0 Å². The van der Waals surface area contributed by atoms with Crippen LogP contribution in [0.4, 0.5) is 0 Å². The average Bonchev–Trinajstić information content (AvgIpc) is 3.53. The second-order valence-electron chi connectivity index (χ2n) is 12.8. The number of fused-ring (bicyclic) bond motifs is 2. The lowest BCUT2D eigenvalue weighted by molar-refractivity contribution is -0.167. The first-order valence-corrected chi connectivity index (χ1v) is 14.3. The Balaban J connectivity index is 1.24. The van der Waals surface area contributed by atoms with Gasteiger partial charge in [-0.1, -0.05) is 39.0 Å². The number of carbonyl (C=O) groups excluding carboxylic acids is 2. The van der Waals surface area contributed by atoms with Gasteiger partial charge in [-0.15, -0.1) is 0 Å². The molecule has 210 valence electrons.